The molecule has 2 aromatic carbocycles. The van der Waals surface area contributed by atoms with Crippen LogP contribution in [0.5, 0.6) is 0 Å². The van der Waals surface area contributed by atoms with Crippen molar-refractivity contribution in [3.05, 3.63) is 48.0 Å². The van der Waals surface area contributed by atoms with Crippen molar-refractivity contribution < 1.29 is 0 Å². The molecular weight excluding hydrogens is 230 g/mol. The molecule has 0 atom stereocenters. The van der Waals surface area contributed by atoms with E-state index in [1.807, 2.05) is 0 Å². The number of likely N-dealkylation sites (tertiary alicyclic amines) is 1. The molecule has 100 valence electrons. The van der Waals surface area contributed by atoms with E-state index in [0.717, 1.165) is 12.5 Å². The average molecular weight is 253 g/mol. The van der Waals surface area contributed by atoms with Gasteiger partial charge in [0.25, 0.3) is 0 Å². The fourth-order valence-corrected chi connectivity index (χ4v) is 3.22. The van der Waals surface area contributed by atoms with Gasteiger partial charge in [-0.3, -0.25) is 4.90 Å². The van der Waals surface area contributed by atoms with E-state index in [1.54, 1.807) is 0 Å². The third-order valence-electron chi connectivity index (χ3n) is 4.56. The minimum absolute atomic E-state index is 0.962. The van der Waals surface area contributed by atoms with E-state index >= 15 is 0 Å². The van der Waals surface area contributed by atoms with Crippen LogP contribution in [0.2, 0.25) is 0 Å². The van der Waals surface area contributed by atoms with Crippen LogP contribution in [-0.4, -0.2) is 18.0 Å². The molecule has 2 aromatic rings. The molecular formula is C18H23N. The van der Waals surface area contributed by atoms with Crippen LogP contribution >= 0.6 is 0 Å². The van der Waals surface area contributed by atoms with Crippen molar-refractivity contribution in [1.29, 1.82) is 0 Å². The number of piperidine rings is 1. The third kappa shape index (κ3) is 2.82. The van der Waals surface area contributed by atoms with Gasteiger partial charge in [-0.15, -0.1) is 0 Å². The first kappa shape index (κ1) is 12.7. The van der Waals surface area contributed by atoms with Gasteiger partial charge in [-0.25, -0.2) is 0 Å². The summed E-state index contributed by atoms with van der Waals surface area (Å²) in [5.74, 6) is 0.962. The Morgan fingerprint density at radius 2 is 1.74 bits per heavy atom. The molecule has 0 amide bonds. The average Bonchev–Trinajstić information content (AvgIpc) is 2.48. The molecule has 1 heterocycles. The van der Waals surface area contributed by atoms with Gasteiger partial charge in [0.15, 0.2) is 0 Å². The Morgan fingerprint density at radius 3 is 2.53 bits per heavy atom. The number of hydrogen-bond donors (Lipinski definition) is 0. The Kier molecular flexibility index (Phi) is 3.84. The number of benzene rings is 2. The van der Waals surface area contributed by atoms with Crippen molar-refractivity contribution in [3.8, 4) is 0 Å². The second-order valence-electron chi connectivity index (χ2n) is 5.77. The summed E-state index contributed by atoms with van der Waals surface area (Å²) in [6, 6.07) is 15.4. The maximum absolute atomic E-state index is 2.62. The fraction of sp³-hybridized carbons (Fsp3) is 0.444. The van der Waals surface area contributed by atoms with Crippen LogP contribution in [0, 0.1) is 5.92 Å². The van der Waals surface area contributed by atoms with Crippen molar-refractivity contribution in [2.45, 2.75) is 32.7 Å². The van der Waals surface area contributed by atoms with Crippen molar-refractivity contribution in [3.63, 3.8) is 0 Å². The lowest BCUT2D eigenvalue weighted by Gasteiger charge is -2.31. The molecule has 19 heavy (non-hydrogen) atoms. The largest absolute Gasteiger partial charge is 0.299 e. The van der Waals surface area contributed by atoms with E-state index in [9.17, 15) is 0 Å². The van der Waals surface area contributed by atoms with Gasteiger partial charge in [-0.05, 0) is 48.2 Å². The van der Waals surface area contributed by atoms with Gasteiger partial charge in [0.2, 0.25) is 0 Å². The summed E-state index contributed by atoms with van der Waals surface area (Å²) in [6.45, 7) is 5.96. The Hall–Kier alpha value is -1.34. The number of fused-ring (bicyclic) bond motifs is 1. The molecule has 1 saturated heterocycles. The van der Waals surface area contributed by atoms with E-state index < -0.39 is 0 Å². The summed E-state index contributed by atoms with van der Waals surface area (Å²) in [4.78, 5) is 2.62. The Labute approximate surface area is 116 Å². The number of rotatable bonds is 3. The lowest BCUT2D eigenvalue weighted by Crippen LogP contribution is -2.33. The second-order valence-corrected chi connectivity index (χ2v) is 5.77. The number of hydrogen-bond acceptors (Lipinski definition) is 1. The summed E-state index contributed by atoms with van der Waals surface area (Å²) in [5.41, 5.74) is 1.48. The normalized spacial score (nSPS) is 17.9. The van der Waals surface area contributed by atoms with E-state index in [0.29, 0.717) is 0 Å². The zero-order valence-corrected chi connectivity index (χ0v) is 11.8. The highest BCUT2D eigenvalue weighted by Crippen LogP contribution is 2.24. The molecule has 0 radical (unpaired) electrons. The number of nitrogens with zero attached hydrogens (tertiary/aromatic N) is 1. The molecule has 0 spiro atoms. The highest BCUT2D eigenvalue weighted by Gasteiger charge is 2.18. The van der Waals surface area contributed by atoms with Crippen molar-refractivity contribution >= 4 is 10.8 Å². The molecule has 3 rings (SSSR count). The van der Waals surface area contributed by atoms with Gasteiger partial charge in [-0.1, -0.05) is 55.8 Å². The molecule has 0 bridgehead atoms. The highest BCUT2D eigenvalue weighted by molar-refractivity contribution is 5.85. The Morgan fingerprint density at radius 1 is 1.00 bits per heavy atom. The van der Waals surface area contributed by atoms with E-state index in [1.165, 1.54) is 48.7 Å². The topological polar surface area (TPSA) is 3.24 Å². The fourth-order valence-electron chi connectivity index (χ4n) is 3.22. The summed E-state index contributed by atoms with van der Waals surface area (Å²) in [5, 5.41) is 2.78. The SMILES string of the molecule is CCC1CCN(Cc2cccc3ccccc23)CC1. The maximum Gasteiger partial charge on any atom is 0.0239 e. The van der Waals surface area contributed by atoms with E-state index in [4.69, 9.17) is 0 Å². The first-order chi connectivity index (χ1) is 9.36. The summed E-state index contributed by atoms with van der Waals surface area (Å²) < 4.78 is 0. The zero-order valence-electron chi connectivity index (χ0n) is 11.8. The predicted molar refractivity (Wildman–Crippen MR) is 82.2 cm³/mol. The predicted octanol–water partition coefficient (Wildman–Crippen LogP) is 4.46. The standard InChI is InChI=1S/C18H23N/c1-2-15-10-12-19(13-11-15)14-17-8-5-7-16-6-3-4-9-18(16)17/h3-9,15H,2,10-14H2,1H3. The van der Waals surface area contributed by atoms with Crippen molar-refractivity contribution in [2.24, 2.45) is 5.92 Å². The molecule has 1 aliphatic rings. The zero-order chi connectivity index (χ0) is 13.1. The lowest BCUT2D eigenvalue weighted by molar-refractivity contribution is 0.175. The molecule has 1 nitrogen and oxygen atoms in total. The molecule has 1 fully saturated rings. The minimum atomic E-state index is 0.962. The molecule has 0 N–H and O–H groups in total. The van der Waals surface area contributed by atoms with Crippen LogP contribution in [0.3, 0.4) is 0 Å². The van der Waals surface area contributed by atoms with E-state index in [-0.39, 0.29) is 0 Å². The highest BCUT2D eigenvalue weighted by atomic mass is 15.1. The second kappa shape index (κ2) is 5.75. The van der Waals surface area contributed by atoms with Crippen LogP contribution in [0.1, 0.15) is 31.7 Å². The van der Waals surface area contributed by atoms with Gasteiger partial charge in [0.05, 0.1) is 0 Å². The Bertz CT molecular complexity index is 533. The summed E-state index contributed by atoms with van der Waals surface area (Å²) >= 11 is 0. The molecule has 0 saturated carbocycles. The molecule has 1 heteroatoms. The first-order valence-electron chi connectivity index (χ1n) is 7.56. The van der Waals surface area contributed by atoms with Gasteiger partial charge in [-0.2, -0.15) is 0 Å². The van der Waals surface area contributed by atoms with Gasteiger partial charge < -0.3 is 0 Å². The maximum atomic E-state index is 2.62. The summed E-state index contributed by atoms with van der Waals surface area (Å²) in [7, 11) is 0. The quantitative estimate of drug-likeness (QED) is 0.780. The monoisotopic (exact) mass is 253 g/mol. The molecule has 0 unspecified atom stereocenters. The van der Waals surface area contributed by atoms with Crippen LogP contribution in [0.25, 0.3) is 10.8 Å². The van der Waals surface area contributed by atoms with Crippen LogP contribution in [-0.2, 0) is 6.54 Å². The van der Waals surface area contributed by atoms with Crippen molar-refractivity contribution in [1.82, 2.24) is 4.90 Å². The van der Waals surface area contributed by atoms with Gasteiger partial charge in [0, 0.05) is 6.54 Å². The Balaban J connectivity index is 1.75. The smallest absolute Gasteiger partial charge is 0.0239 e. The van der Waals surface area contributed by atoms with Crippen LogP contribution < -0.4 is 0 Å². The molecule has 0 aromatic heterocycles. The molecule has 1 aliphatic heterocycles. The first-order valence-corrected chi connectivity index (χ1v) is 7.56. The summed E-state index contributed by atoms with van der Waals surface area (Å²) in [6.07, 6.45) is 4.10. The van der Waals surface area contributed by atoms with Crippen LogP contribution in [0.15, 0.2) is 42.5 Å². The van der Waals surface area contributed by atoms with Crippen LogP contribution in [0.4, 0.5) is 0 Å². The van der Waals surface area contributed by atoms with Gasteiger partial charge in [0.1, 0.15) is 0 Å². The lowest BCUT2D eigenvalue weighted by atomic mass is 9.94. The minimum Gasteiger partial charge on any atom is -0.299 e. The van der Waals surface area contributed by atoms with Crippen molar-refractivity contribution in [2.75, 3.05) is 13.1 Å². The molecule has 0 aliphatic carbocycles. The van der Waals surface area contributed by atoms with Gasteiger partial charge >= 0.3 is 0 Å². The third-order valence-corrected chi connectivity index (χ3v) is 4.56. The van der Waals surface area contributed by atoms with E-state index in [2.05, 4.69) is 54.3 Å².